The molecule has 8 heteroatoms. The Kier molecular flexibility index (Phi) is 5.90. The molecule has 0 saturated heterocycles. The van der Waals surface area contributed by atoms with Gasteiger partial charge >= 0.3 is 0 Å². The highest BCUT2D eigenvalue weighted by Crippen LogP contribution is 2.35. The fourth-order valence-corrected chi connectivity index (χ4v) is 3.80. The van der Waals surface area contributed by atoms with Gasteiger partial charge in [-0.1, -0.05) is 12.1 Å². The van der Waals surface area contributed by atoms with Gasteiger partial charge in [-0.25, -0.2) is 4.68 Å². The van der Waals surface area contributed by atoms with Gasteiger partial charge in [-0.15, -0.1) is 0 Å². The summed E-state index contributed by atoms with van der Waals surface area (Å²) >= 11 is 0. The molecule has 1 unspecified atom stereocenters. The van der Waals surface area contributed by atoms with Crippen LogP contribution in [0.1, 0.15) is 24.2 Å². The Morgan fingerprint density at radius 2 is 2.00 bits per heavy atom. The molecule has 3 aromatic rings. The van der Waals surface area contributed by atoms with Crippen molar-refractivity contribution in [3.05, 3.63) is 71.6 Å². The van der Waals surface area contributed by atoms with Crippen molar-refractivity contribution in [3.8, 4) is 5.75 Å². The monoisotopic (exact) mass is 422 g/mol. The van der Waals surface area contributed by atoms with Crippen LogP contribution >= 0.6 is 0 Å². The minimum Gasteiger partial charge on any atom is -0.494 e. The fraction of sp³-hybridized carbons (Fsp3) is 0.348. The van der Waals surface area contributed by atoms with Gasteiger partial charge in [0.2, 0.25) is 0 Å². The van der Waals surface area contributed by atoms with Crippen LogP contribution in [0.4, 0.5) is 11.5 Å². The van der Waals surface area contributed by atoms with Gasteiger partial charge in [0.15, 0.2) is 11.4 Å². The Bertz CT molecular complexity index is 1060. The highest BCUT2D eigenvalue weighted by molar-refractivity contribution is 5.55. The van der Waals surface area contributed by atoms with Crippen LogP contribution < -0.4 is 26.7 Å². The molecule has 0 spiro atoms. The van der Waals surface area contributed by atoms with E-state index in [-0.39, 0.29) is 5.49 Å². The molecule has 4 rings (SSSR count). The lowest BCUT2D eigenvalue weighted by Crippen LogP contribution is -2.42. The molecular formula is C23H30N6O2. The molecule has 3 heterocycles. The average Bonchev–Trinajstić information content (AvgIpc) is 3.39. The smallest absolute Gasteiger partial charge is 0.182 e. The summed E-state index contributed by atoms with van der Waals surface area (Å²) in [5, 5.41) is 11.7. The minimum absolute atomic E-state index is 0.284. The number of nitrogen functional groups attached to an aromatic ring is 1. The molecule has 1 aliphatic heterocycles. The Balaban J connectivity index is 1.44. The van der Waals surface area contributed by atoms with Gasteiger partial charge in [0, 0.05) is 30.8 Å². The molecule has 5 N–H and O–H groups in total. The van der Waals surface area contributed by atoms with Gasteiger partial charge in [-0.2, -0.15) is 0 Å². The molecule has 1 aliphatic rings. The van der Waals surface area contributed by atoms with E-state index in [0.717, 1.165) is 36.7 Å². The summed E-state index contributed by atoms with van der Waals surface area (Å²) in [7, 11) is 4.13. The molecule has 31 heavy (non-hydrogen) atoms. The summed E-state index contributed by atoms with van der Waals surface area (Å²) in [5.74, 6) is 2.38. The summed E-state index contributed by atoms with van der Waals surface area (Å²) in [6.45, 7) is 1.72. The van der Waals surface area contributed by atoms with E-state index >= 15 is 0 Å². The van der Waals surface area contributed by atoms with Crippen molar-refractivity contribution in [2.75, 3.05) is 43.7 Å². The summed E-state index contributed by atoms with van der Waals surface area (Å²) in [6.07, 6.45) is 4.18. The number of fused-ring (bicyclic) bond motifs is 1. The molecule has 164 valence electrons. The van der Waals surface area contributed by atoms with Crippen molar-refractivity contribution in [2.45, 2.75) is 24.9 Å². The van der Waals surface area contributed by atoms with E-state index in [0.29, 0.717) is 18.7 Å². The predicted octanol–water partition coefficient (Wildman–Crippen LogP) is 2.93. The summed E-state index contributed by atoms with van der Waals surface area (Å²) in [6, 6.07) is 15.5. The van der Waals surface area contributed by atoms with Crippen LogP contribution in [0, 0.1) is 5.41 Å². The first-order valence-electron chi connectivity index (χ1n) is 10.5. The van der Waals surface area contributed by atoms with Gasteiger partial charge < -0.3 is 25.1 Å². The number of rotatable bonds is 9. The third kappa shape index (κ3) is 4.69. The van der Waals surface area contributed by atoms with Crippen LogP contribution in [-0.2, 0) is 12.1 Å². The lowest BCUT2D eigenvalue weighted by atomic mass is 9.98. The van der Waals surface area contributed by atoms with E-state index in [9.17, 15) is 0 Å². The topological polar surface area (TPSA) is 104 Å². The van der Waals surface area contributed by atoms with Crippen LogP contribution in [0.15, 0.2) is 59.2 Å². The minimum atomic E-state index is -0.665. The lowest BCUT2D eigenvalue weighted by molar-refractivity contribution is 0.281. The fourth-order valence-electron chi connectivity index (χ4n) is 3.80. The maximum Gasteiger partial charge on any atom is 0.182 e. The zero-order valence-electron chi connectivity index (χ0n) is 18.0. The van der Waals surface area contributed by atoms with Crippen molar-refractivity contribution in [1.29, 1.82) is 5.41 Å². The van der Waals surface area contributed by atoms with Gasteiger partial charge in [0.25, 0.3) is 0 Å². The highest BCUT2D eigenvalue weighted by atomic mass is 16.5. The molecule has 1 atom stereocenters. The van der Waals surface area contributed by atoms with Gasteiger partial charge in [0.05, 0.1) is 12.9 Å². The number of pyridine rings is 1. The van der Waals surface area contributed by atoms with E-state index in [4.69, 9.17) is 20.3 Å². The van der Waals surface area contributed by atoms with Crippen molar-refractivity contribution < 1.29 is 9.15 Å². The van der Waals surface area contributed by atoms with Crippen LogP contribution in [0.25, 0.3) is 0 Å². The van der Waals surface area contributed by atoms with E-state index in [1.54, 1.807) is 17.0 Å². The zero-order valence-corrected chi connectivity index (χ0v) is 18.0. The van der Waals surface area contributed by atoms with E-state index in [1.807, 2.05) is 30.3 Å². The number of hydrogen-bond donors (Lipinski definition) is 4. The van der Waals surface area contributed by atoms with E-state index < -0.39 is 5.66 Å². The number of nitrogens with zero attached hydrogens (tertiary/aromatic N) is 2. The average molecular weight is 423 g/mol. The number of anilines is 2. The Morgan fingerprint density at radius 1 is 1.19 bits per heavy atom. The SMILES string of the molecule is CN(C)CCCOc1ccc(CCC2(c3ccco3)Nc3cc(N)cc(=N)n3N2)cc1. The number of aromatic nitrogens is 1. The highest BCUT2D eigenvalue weighted by Gasteiger charge is 2.40. The number of ether oxygens (including phenoxy) is 1. The summed E-state index contributed by atoms with van der Waals surface area (Å²) in [5.41, 5.74) is 10.7. The molecule has 0 saturated carbocycles. The number of benzene rings is 1. The standard InChI is InChI=1S/C23H30N6O2/c1-28(2)12-4-14-30-19-8-6-17(7-9-19)10-11-23(20-5-3-13-31-20)26-22-16-18(24)15-21(25)29(22)27-23/h3,5-9,13,15-16,25-27H,4,10-12,14,24H2,1-2H3. The van der Waals surface area contributed by atoms with Gasteiger partial charge in [-0.05, 0) is 56.8 Å². The van der Waals surface area contributed by atoms with Crippen molar-refractivity contribution >= 4 is 11.5 Å². The Hall–Kier alpha value is -3.39. The van der Waals surface area contributed by atoms with E-state index in [2.05, 4.69) is 41.9 Å². The molecule has 0 aliphatic carbocycles. The molecule has 2 aromatic heterocycles. The first-order chi connectivity index (χ1) is 14.9. The van der Waals surface area contributed by atoms with Crippen molar-refractivity contribution in [2.24, 2.45) is 0 Å². The van der Waals surface area contributed by atoms with Crippen molar-refractivity contribution in [1.82, 2.24) is 9.58 Å². The number of aryl methyl sites for hydroxylation is 1. The van der Waals surface area contributed by atoms with Crippen molar-refractivity contribution in [3.63, 3.8) is 0 Å². The summed E-state index contributed by atoms with van der Waals surface area (Å²) in [4.78, 5) is 2.15. The molecule has 0 amide bonds. The maximum atomic E-state index is 8.24. The normalized spacial score (nSPS) is 17.3. The van der Waals surface area contributed by atoms with Crippen LogP contribution in [0.3, 0.4) is 0 Å². The number of nitrogens with two attached hydrogens (primary N) is 1. The van der Waals surface area contributed by atoms with Crippen LogP contribution in [0.5, 0.6) is 5.75 Å². The van der Waals surface area contributed by atoms with Crippen LogP contribution in [0.2, 0.25) is 0 Å². The van der Waals surface area contributed by atoms with Gasteiger partial charge in [0.1, 0.15) is 17.1 Å². The Morgan fingerprint density at radius 3 is 2.71 bits per heavy atom. The largest absolute Gasteiger partial charge is 0.494 e. The third-order valence-corrected chi connectivity index (χ3v) is 5.40. The molecule has 0 fully saturated rings. The predicted molar refractivity (Wildman–Crippen MR) is 121 cm³/mol. The molecule has 0 bridgehead atoms. The molecule has 0 radical (unpaired) electrons. The van der Waals surface area contributed by atoms with E-state index in [1.165, 1.54) is 5.56 Å². The van der Waals surface area contributed by atoms with Gasteiger partial charge in [-0.3, -0.25) is 10.8 Å². The quantitative estimate of drug-likeness (QED) is 0.395. The number of furan rings is 1. The third-order valence-electron chi connectivity index (χ3n) is 5.40. The molecular weight excluding hydrogens is 392 g/mol. The number of nitrogens with one attached hydrogen (secondary N) is 3. The Labute approximate surface area is 182 Å². The summed E-state index contributed by atoms with van der Waals surface area (Å²) < 4.78 is 13.3. The maximum absolute atomic E-state index is 8.24. The second kappa shape index (κ2) is 8.77. The second-order valence-corrected chi connectivity index (χ2v) is 8.16. The second-order valence-electron chi connectivity index (χ2n) is 8.16. The first-order valence-corrected chi connectivity index (χ1v) is 10.5. The first kappa shape index (κ1) is 20.9. The number of hydrogen-bond acceptors (Lipinski definition) is 7. The van der Waals surface area contributed by atoms with Crippen LogP contribution in [-0.4, -0.2) is 36.8 Å². The lowest BCUT2D eigenvalue weighted by Gasteiger charge is -2.28. The molecule has 1 aromatic carbocycles. The zero-order chi connectivity index (χ0) is 21.8. The molecule has 8 nitrogen and oxygen atoms in total.